The van der Waals surface area contributed by atoms with Crippen LogP contribution in [-0.4, -0.2) is 17.2 Å². The van der Waals surface area contributed by atoms with Crippen molar-refractivity contribution < 1.29 is 4.79 Å². The zero-order valence-corrected chi connectivity index (χ0v) is 11.4. The van der Waals surface area contributed by atoms with E-state index in [4.69, 9.17) is 5.26 Å². The molecule has 0 saturated carbocycles. The molecule has 94 valence electrons. The van der Waals surface area contributed by atoms with Crippen LogP contribution in [-0.2, 0) is 4.79 Å². The molecule has 0 bridgehead atoms. The maximum atomic E-state index is 12.3. The van der Waals surface area contributed by atoms with Crippen molar-refractivity contribution in [2.75, 3.05) is 5.75 Å². The number of nitriles is 1. The quantitative estimate of drug-likeness (QED) is 0.909. The van der Waals surface area contributed by atoms with E-state index in [2.05, 4.69) is 11.4 Å². The topological polar surface area (TPSA) is 52.9 Å². The Bertz CT molecular complexity index is 509. The van der Waals surface area contributed by atoms with Gasteiger partial charge in [0, 0.05) is 10.6 Å². The number of benzene rings is 1. The normalized spacial score (nSPS) is 20.6. The third kappa shape index (κ3) is 2.37. The van der Waals surface area contributed by atoms with E-state index in [0.717, 1.165) is 11.3 Å². The Hall–Kier alpha value is -1.47. The van der Waals surface area contributed by atoms with Crippen LogP contribution in [0.2, 0.25) is 0 Å². The second-order valence-electron chi connectivity index (χ2n) is 4.69. The molecular weight excluding hydrogens is 244 g/mol. The molecule has 18 heavy (non-hydrogen) atoms. The molecule has 2 unspecified atom stereocenters. The highest BCUT2D eigenvalue weighted by Crippen LogP contribution is 2.39. The molecule has 3 nitrogen and oxygen atoms in total. The van der Waals surface area contributed by atoms with E-state index >= 15 is 0 Å². The fourth-order valence-corrected chi connectivity index (χ4v) is 3.16. The minimum atomic E-state index is -0.765. The van der Waals surface area contributed by atoms with Gasteiger partial charge in [0.2, 0.25) is 5.91 Å². The Morgan fingerprint density at radius 1 is 1.61 bits per heavy atom. The van der Waals surface area contributed by atoms with Crippen LogP contribution in [0.1, 0.15) is 31.7 Å². The molecule has 4 heteroatoms. The summed E-state index contributed by atoms with van der Waals surface area (Å²) in [7, 11) is 0. The second-order valence-corrected chi connectivity index (χ2v) is 5.75. The van der Waals surface area contributed by atoms with Gasteiger partial charge in [0.1, 0.15) is 5.54 Å². The molecule has 1 aliphatic rings. The van der Waals surface area contributed by atoms with Gasteiger partial charge in [-0.3, -0.25) is 4.79 Å². The number of rotatable bonds is 3. The largest absolute Gasteiger partial charge is 0.338 e. The minimum Gasteiger partial charge on any atom is -0.338 e. The maximum Gasteiger partial charge on any atom is 0.229 e. The molecule has 2 atom stereocenters. The summed E-state index contributed by atoms with van der Waals surface area (Å²) < 4.78 is 0. The second kappa shape index (κ2) is 5.03. The molecular formula is C14H16N2OS. The Morgan fingerprint density at radius 2 is 2.33 bits per heavy atom. The Morgan fingerprint density at radius 3 is 3.00 bits per heavy atom. The number of amides is 1. The van der Waals surface area contributed by atoms with Crippen molar-refractivity contribution in [3.63, 3.8) is 0 Å². The summed E-state index contributed by atoms with van der Waals surface area (Å²) >= 11 is 1.70. The summed E-state index contributed by atoms with van der Waals surface area (Å²) in [6.45, 7) is 3.67. The zero-order chi connectivity index (χ0) is 13.2. The summed E-state index contributed by atoms with van der Waals surface area (Å²) in [5, 5.41) is 12.0. The van der Waals surface area contributed by atoms with Crippen LogP contribution in [0, 0.1) is 11.3 Å². The molecule has 1 aromatic carbocycles. The average Bonchev–Trinajstić information content (AvgIpc) is 2.82. The molecule has 1 amide bonds. The molecule has 0 saturated heterocycles. The monoisotopic (exact) mass is 260 g/mol. The third-order valence-electron chi connectivity index (χ3n) is 3.37. The van der Waals surface area contributed by atoms with Gasteiger partial charge in [-0.1, -0.05) is 25.1 Å². The van der Waals surface area contributed by atoms with E-state index in [1.807, 2.05) is 31.2 Å². The number of hydrogen-bond donors (Lipinski definition) is 1. The summed E-state index contributed by atoms with van der Waals surface area (Å²) in [5.41, 5.74) is 0.315. The lowest BCUT2D eigenvalue weighted by atomic mass is 9.96. The fourth-order valence-electron chi connectivity index (χ4n) is 1.93. The number of nitrogens with one attached hydrogen (secondary N) is 1. The molecule has 0 aromatic heterocycles. The molecule has 1 aliphatic heterocycles. The minimum absolute atomic E-state index is 0.0432. The average molecular weight is 260 g/mol. The van der Waals surface area contributed by atoms with Gasteiger partial charge in [0.15, 0.2) is 0 Å². The van der Waals surface area contributed by atoms with E-state index in [9.17, 15) is 4.79 Å². The molecule has 0 aliphatic carbocycles. The lowest BCUT2D eigenvalue weighted by Gasteiger charge is -2.23. The predicted molar refractivity (Wildman–Crippen MR) is 72.4 cm³/mol. The Kier molecular flexibility index (Phi) is 3.63. The lowest BCUT2D eigenvalue weighted by molar-refractivity contribution is -0.123. The van der Waals surface area contributed by atoms with E-state index < -0.39 is 5.54 Å². The molecule has 2 rings (SSSR count). The first kappa shape index (κ1) is 13.0. The fraction of sp³-hybridized carbons (Fsp3) is 0.429. The highest BCUT2D eigenvalue weighted by Gasteiger charge is 2.33. The van der Waals surface area contributed by atoms with Gasteiger partial charge in [-0.05, 0) is 25.0 Å². The molecule has 0 radical (unpaired) electrons. The van der Waals surface area contributed by atoms with Gasteiger partial charge < -0.3 is 5.32 Å². The number of carbonyl (C=O) groups excluding carboxylic acids is 1. The van der Waals surface area contributed by atoms with E-state index in [-0.39, 0.29) is 11.8 Å². The number of thioether (sulfide) groups is 1. The van der Waals surface area contributed by atoms with Crippen molar-refractivity contribution >= 4 is 17.7 Å². The van der Waals surface area contributed by atoms with Crippen LogP contribution < -0.4 is 5.32 Å². The van der Waals surface area contributed by atoms with Gasteiger partial charge in [-0.25, -0.2) is 0 Å². The number of nitrogens with zero attached hydrogens (tertiary/aromatic N) is 1. The van der Waals surface area contributed by atoms with Crippen LogP contribution in [0.15, 0.2) is 29.2 Å². The number of hydrogen-bond acceptors (Lipinski definition) is 3. The van der Waals surface area contributed by atoms with Crippen molar-refractivity contribution in [2.24, 2.45) is 0 Å². The van der Waals surface area contributed by atoms with Crippen LogP contribution >= 0.6 is 11.8 Å². The number of fused-ring (bicyclic) bond motifs is 1. The molecule has 1 N–H and O–H groups in total. The lowest BCUT2D eigenvalue weighted by Crippen LogP contribution is -2.46. The third-order valence-corrected chi connectivity index (χ3v) is 4.55. The molecule has 1 heterocycles. The van der Waals surface area contributed by atoms with E-state index in [0.29, 0.717) is 6.42 Å². The summed E-state index contributed by atoms with van der Waals surface area (Å²) in [4.78, 5) is 13.4. The smallest absolute Gasteiger partial charge is 0.229 e. The van der Waals surface area contributed by atoms with Gasteiger partial charge in [0.05, 0.1) is 12.0 Å². The summed E-state index contributed by atoms with van der Waals surface area (Å²) in [6.07, 6.45) is 0.608. The van der Waals surface area contributed by atoms with Crippen molar-refractivity contribution in [2.45, 2.75) is 36.6 Å². The van der Waals surface area contributed by atoms with Crippen LogP contribution in [0.25, 0.3) is 0 Å². The molecule has 0 fully saturated rings. The maximum absolute atomic E-state index is 12.3. The molecule has 1 aromatic rings. The van der Waals surface area contributed by atoms with Crippen LogP contribution in [0.4, 0.5) is 0 Å². The van der Waals surface area contributed by atoms with Crippen LogP contribution in [0.3, 0.4) is 0 Å². The van der Waals surface area contributed by atoms with Gasteiger partial charge in [0.25, 0.3) is 0 Å². The standard InChI is InChI=1S/C14H16N2OS/c1-3-14(2,9-15)16-13(17)11-8-18-12-7-5-4-6-10(11)12/h4-7,11H,3,8H2,1-2H3,(H,16,17). The van der Waals surface area contributed by atoms with Crippen molar-refractivity contribution in [1.29, 1.82) is 5.26 Å². The number of carbonyl (C=O) groups is 1. The highest BCUT2D eigenvalue weighted by atomic mass is 32.2. The van der Waals surface area contributed by atoms with Crippen molar-refractivity contribution in [1.82, 2.24) is 5.32 Å². The van der Waals surface area contributed by atoms with E-state index in [1.165, 1.54) is 4.90 Å². The predicted octanol–water partition coefficient (Wildman–Crippen LogP) is 2.68. The first-order chi connectivity index (χ1) is 8.59. The van der Waals surface area contributed by atoms with Crippen molar-refractivity contribution in [3.8, 4) is 6.07 Å². The first-order valence-corrected chi connectivity index (χ1v) is 7.03. The zero-order valence-electron chi connectivity index (χ0n) is 10.6. The summed E-state index contributed by atoms with van der Waals surface area (Å²) in [5.74, 6) is 0.583. The summed E-state index contributed by atoms with van der Waals surface area (Å²) in [6, 6.07) is 10.1. The first-order valence-electron chi connectivity index (χ1n) is 6.04. The van der Waals surface area contributed by atoms with Crippen LogP contribution in [0.5, 0.6) is 0 Å². The van der Waals surface area contributed by atoms with Gasteiger partial charge in [-0.15, -0.1) is 11.8 Å². The van der Waals surface area contributed by atoms with E-state index in [1.54, 1.807) is 18.7 Å². The molecule has 0 spiro atoms. The Labute approximate surface area is 112 Å². The van der Waals surface area contributed by atoms with Crippen molar-refractivity contribution in [3.05, 3.63) is 29.8 Å². The van der Waals surface area contributed by atoms with Gasteiger partial charge >= 0.3 is 0 Å². The van der Waals surface area contributed by atoms with Gasteiger partial charge in [-0.2, -0.15) is 5.26 Å². The highest BCUT2D eigenvalue weighted by molar-refractivity contribution is 7.99. The SMILES string of the molecule is CCC(C)(C#N)NC(=O)C1CSc2ccccc21. The Balaban J connectivity index is 2.16.